The van der Waals surface area contributed by atoms with Gasteiger partial charge in [-0.1, -0.05) is 6.07 Å². The predicted molar refractivity (Wildman–Crippen MR) is 84.5 cm³/mol. The number of halogens is 1. The first kappa shape index (κ1) is 15.4. The summed E-state index contributed by atoms with van der Waals surface area (Å²) in [6.45, 7) is 1.92. The van der Waals surface area contributed by atoms with Crippen molar-refractivity contribution in [3.63, 3.8) is 0 Å². The lowest BCUT2D eigenvalue weighted by Gasteiger charge is -2.12. The Balaban J connectivity index is 2.32. The Morgan fingerprint density at radius 2 is 1.90 bits per heavy atom. The van der Waals surface area contributed by atoms with Crippen molar-refractivity contribution in [1.82, 2.24) is 0 Å². The monoisotopic (exact) mass is 346 g/mol. The Bertz CT molecular complexity index is 693. The fraction of sp³-hybridized carbons (Fsp3) is 0.188. The Hall–Kier alpha value is -2.03. The van der Waals surface area contributed by atoms with Crippen LogP contribution in [0.2, 0.25) is 0 Å². The molecule has 0 radical (unpaired) electrons. The number of nitriles is 1. The van der Waals surface area contributed by atoms with Gasteiger partial charge in [0.15, 0.2) is 0 Å². The minimum absolute atomic E-state index is 0.0441. The number of ether oxygens (including phenoxy) is 2. The quantitative estimate of drug-likeness (QED) is 0.902. The third-order valence-corrected chi connectivity index (χ3v) is 3.57. The van der Waals surface area contributed by atoms with Gasteiger partial charge in [0.25, 0.3) is 0 Å². The largest absolute Gasteiger partial charge is 0.497 e. The van der Waals surface area contributed by atoms with E-state index in [1.165, 1.54) is 0 Å². The maximum Gasteiger partial charge on any atom is 0.141 e. The molecule has 0 aromatic heterocycles. The summed E-state index contributed by atoms with van der Waals surface area (Å²) in [6, 6.07) is 12.8. The van der Waals surface area contributed by atoms with Crippen molar-refractivity contribution in [1.29, 1.82) is 5.26 Å². The van der Waals surface area contributed by atoms with Crippen LogP contribution in [-0.2, 0) is 0 Å². The second-order valence-electron chi connectivity index (χ2n) is 4.59. The van der Waals surface area contributed by atoms with Gasteiger partial charge in [0, 0.05) is 12.1 Å². The molecule has 0 bridgehead atoms. The average Bonchev–Trinajstić information content (AvgIpc) is 2.48. The van der Waals surface area contributed by atoms with E-state index in [4.69, 9.17) is 20.5 Å². The van der Waals surface area contributed by atoms with Crippen molar-refractivity contribution < 1.29 is 9.47 Å². The van der Waals surface area contributed by atoms with E-state index >= 15 is 0 Å². The highest BCUT2D eigenvalue weighted by atomic mass is 79.9. The van der Waals surface area contributed by atoms with Gasteiger partial charge in [0.1, 0.15) is 17.2 Å². The number of nitrogens with zero attached hydrogens (tertiary/aromatic N) is 1. The first-order valence-electron chi connectivity index (χ1n) is 6.35. The van der Waals surface area contributed by atoms with Crippen LogP contribution < -0.4 is 15.2 Å². The summed E-state index contributed by atoms with van der Waals surface area (Å²) in [4.78, 5) is 0. The van der Waals surface area contributed by atoms with Gasteiger partial charge in [-0.15, -0.1) is 0 Å². The van der Waals surface area contributed by atoms with E-state index in [0.717, 1.165) is 10.0 Å². The molecule has 1 atom stereocenters. The summed E-state index contributed by atoms with van der Waals surface area (Å²) in [5.41, 5.74) is 7.34. The number of benzene rings is 2. The fourth-order valence-electron chi connectivity index (χ4n) is 1.82. The highest BCUT2D eigenvalue weighted by Crippen LogP contribution is 2.33. The molecule has 0 aliphatic carbocycles. The minimum Gasteiger partial charge on any atom is -0.497 e. The number of rotatable bonds is 4. The lowest BCUT2D eigenvalue weighted by atomic mass is 10.1. The van der Waals surface area contributed by atoms with Crippen molar-refractivity contribution >= 4 is 15.9 Å². The summed E-state index contributed by atoms with van der Waals surface area (Å²) in [6.07, 6.45) is 0. The molecular formula is C16H15BrN2O2. The first-order valence-corrected chi connectivity index (χ1v) is 7.15. The molecule has 0 unspecified atom stereocenters. The van der Waals surface area contributed by atoms with E-state index in [2.05, 4.69) is 22.0 Å². The SMILES string of the molecule is COc1cc(C#N)cc(Oc2ccc([C@@H](C)N)cc2Br)c1. The molecular weight excluding hydrogens is 332 g/mol. The van der Waals surface area contributed by atoms with Crippen molar-refractivity contribution in [2.45, 2.75) is 13.0 Å². The van der Waals surface area contributed by atoms with Gasteiger partial charge in [-0.2, -0.15) is 5.26 Å². The zero-order chi connectivity index (χ0) is 15.4. The maximum atomic E-state index is 9.02. The topological polar surface area (TPSA) is 68.3 Å². The highest BCUT2D eigenvalue weighted by molar-refractivity contribution is 9.10. The molecule has 0 aliphatic rings. The van der Waals surface area contributed by atoms with E-state index in [0.29, 0.717) is 22.8 Å². The van der Waals surface area contributed by atoms with Gasteiger partial charge in [0.2, 0.25) is 0 Å². The molecule has 2 N–H and O–H groups in total. The van der Waals surface area contributed by atoms with E-state index < -0.39 is 0 Å². The molecule has 2 aromatic carbocycles. The molecule has 5 heteroatoms. The smallest absolute Gasteiger partial charge is 0.141 e. The standard InChI is InChI=1S/C16H15BrN2O2/c1-10(19)12-3-4-16(15(17)7-12)21-14-6-11(9-18)5-13(8-14)20-2/h3-8,10H,19H2,1-2H3/t10-/m1/s1. The highest BCUT2D eigenvalue weighted by Gasteiger charge is 2.08. The van der Waals surface area contributed by atoms with Crippen LogP contribution in [0.15, 0.2) is 40.9 Å². The lowest BCUT2D eigenvalue weighted by molar-refractivity contribution is 0.408. The van der Waals surface area contributed by atoms with Gasteiger partial charge in [-0.05, 0) is 52.7 Å². The summed E-state index contributed by atoms with van der Waals surface area (Å²) in [5, 5.41) is 9.02. The van der Waals surface area contributed by atoms with Crippen LogP contribution in [0.4, 0.5) is 0 Å². The molecule has 4 nitrogen and oxygen atoms in total. The Kier molecular flexibility index (Phi) is 4.84. The number of methoxy groups -OCH3 is 1. The molecule has 21 heavy (non-hydrogen) atoms. The van der Waals surface area contributed by atoms with E-state index in [9.17, 15) is 0 Å². The molecule has 0 aliphatic heterocycles. The van der Waals surface area contributed by atoms with Crippen LogP contribution in [0.25, 0.3) is 0 Å². The summed E-state index contributed by atoms with van der Waals surface area (Å²) >= 11 is 3.47. The molecule has 0 spiro atoms. The molecule has 0 saturated carbocycles. The van der Waals surface area contributed by atoms with Crippen LogP contribution in [-0.4, -0.2) is 7.11 Å². The second kappa shape index (κ2) is 6.61. The molecule has 2 aromatic rings. The number of hydrogen-bond donors (Lipinski definition) is 1. The second-order valence-corrected chi connectivity index (χ2v) is 5.44. The fourth-order valence-corrected chi connectivity index (χ4v) is 2.30. The Morgan fingerprint density at radius 3 is 2.48 bits per heavy atom. The molecule has 0 saturated heterocycles. The summed E-state index contributed by atoms with van der Waals surface area (Å²) in [7, 11) is 1.55. The minimum atomic E-state index is -0.0441. The van der Waals surface area contributed by atoms with Crippen molar-refractivity contribution in [3.05, 3.63) is 52.0 Å². The Labute approximate surface area is 132 Å². The van der Waals surface area contributed by atoms with E-state index in [1.54, 1.807) is 25.3 Å². The lowest BCUT2D eigenvalue weighted by Crippen LogP contribution is -2.04. The summed E-state index contributed by atoms with van der Waals surface area (Å²) in [5.74, 6) is 1.77. The Morgan fingerprint density at radius 1 is 1.19 bits per heavy atom. The van der Waals surface area contributed by atoms with E-state index in [-0.39, 0.29) is 6.04 Å². The third-order valence-electron chi connectivity index (χ3n) is 2.95. The van der Waals surface area contributed by atoms with Gasteiger partial charge >= 0.3 is 0 Å². The van der Waals surface area contributed by atoms with Crippen LogP contribution in [0, 0.1) is 11.3 Å². The van der Waals surface area contributed by atoms with Crippen molar-refractivity contribution in [3.8, 4) is 23.3 Å². The first-order chi connectivity index (χ1) is 10.0. The van der Waals surface area contributed by atoms with Gasteiger partial charge in [0.05, 0.1) is 23.2 Å². The zero-order valence-corrected chi connectivity index (χ0v) is 13.3. The maximum absolute atomic E-state index is 9.02. The number of nitrogens with two attached hydrogens (primary N) is 1. The average molecular weight is 347 g/mol. The normalized spacial score (nSPS) is 11.6. The summed E-state index contributed by atoms with van der Waals surface area (Å²) < 4.78 is 11.8. The molecule has 0 heterocycles. The van der Waals surface area contributed by atoms with E-state index in [1.807, 2.05) is 25.1 Å². The van der Waals surface area contributed by atoms with Crippen molar-refractivity contribution in [2.75, 3.05) is 7.11 Å². The zero-order valence-electron chi connectivity index (χ0n) is 11.8. The third kappa shape index (κ3) is 3.75. The predicted octanol–water partition coefficient (Wildman–Crippen LogP) is 4.14. The number of hydrogen-bond acceptors (Lipinski definition) is 4. The molecule has 0 fully saturated rings. The van der Waals surface area contributed by atoms with Crippen LogP contribution in [0.3, 0.4) is 0 Å². The molecule has 108 valence electrons. The van der Waals surface area contributed by atoms with Crippen LogP contribution in [0.1, 0.15) is 24.1 Å². The van der Waals surface area contributed by atoms with Gasteiger partial charge < -0.3 is 15.2 Å². The molecule has 0 amide bonds. The van der Waals surface area contributed by atoms with Gasteiger partial charge in [-0.3, -0.25) is 0 Å². The molecule has 2 rings (SSSR count). The van der Waals surface area contributed by atoms with Crippen LogP contribution >= 0.6 is 15.9 Å². The van der Waals surface area contributed by atoms with Gasteiger partial charge in [-0.25, -0.2) is 0 Å². The van der Waals surface area contributed by atoms with Crippen molar-refractivity contribution in [2.24, 2.45) is 5.73 Å². The van der Waals surface area contributed by atoms with Crippen LogP contribution in [0.5, 0.6) is 17.2 Å².